The average Bonchev–Trinajstić information content (AvgIpc) is 2.68. The van der Waals surface area contributed by atoms with E-state index in [0.717, 1.165) is 17.5 Å². The van der Waals surface area contributed by atoms with Crippen LogP contribution >= 0.6 is 0 Å². The molecule has 27 heavy (non-hydrogen) atoms. The number of ether oxygens (including phenoxy) is 1. The maximum atomic E-state index is 12.8. The highest BCUT2D eigenvalue weighted by Gasteiger charge is 2.26. The minimum Gasteiger partial charge on any atom is -0.484 e. The van der Waals surface area contributed by atoms with Gasteiger partial charge in [0.1, 0.15) is 11.8 Å². The molecule has 5 nitrogen and oxygen atoms in total. The Morgan fingerprint density at radius 3 is 2.52 bits per heavy atom. The highest BCUT2D eigenvalue weighted by Crippen LogP contribution is 2.13. The van der Waals surface area contributed by atoms with Gasteiger partial charge in [0.15, 0.2) is 6.61 Å². The van der Waals surface area contributed by atoms with Crippen molar-refractivity contribution >= 4 is 11.8 Å². The Hall–Kier alpha value is -2.82. The molecule has 5 heteroatoms. The van der Waals surface area contributed by atoms with Crippen LogP contribution in [0.15, 0.2) is 54.6 Å². The number of benzene rings is 2. The van der Waals surface area contributed by atoms with Crippen LogP contribution in [0.2, 0.25) is 0 Å². The van der Waals surface area contributed by atoms with Crippen molar-refractivity contribution in [3.8, 4) is 5.75 Å². The number of hydrogen-bond donors (Lipinski definition) is 1. The van der Waals surface area contributed by atoms with E-state index in [4.69, 9.17) is 4.74 Å². The number of rotatable bonds is 9. The minimum atomic E-state index is -0.580. The predicted octanol–water partition coefficient (Wildman–Crippen LogP) is 3.32. The normalized spacial score (nSPS) is 11.5. The summed E-state index contributed by atoms with van der Waals surface area (Å²) < 4.78 is 5.60. The first-order valence-electron chi connectivity index (χ1n) is 9.31. The first-order chi connectivity index (χ1) is 13.0. The summed E-state index contributed by atoms with van der Waals surface area (Å²) in [6.45, 7) is 6.60. The second-order valence-electron chi connectivity index (χ2n) is 6.58. The van der Waals surface area contributed by atoms with Gasteiger partial charge in [0.2, 0.25) is 5.91 Å². The van der Waals surface area contributed by atoms with Crippen molar-refractivity contribution in [3.05, 3.63) is 65.7 Å². The molecule has 2 amide bonds. The zero-order valence-corrected chi connectivity index (χ0v) is 16.3. The van der Waals surface area contributed by atoms with Crippen LogP contribution in [-0.4, -0.2) is 35.9 Å². The van der Waals surface area contributed by atoms with E-state index in [-0.39, 0.29) is 18.4 Å². The van der Waals surface area contributed by atoms with Crippen molar-refractivity contribution in [2.45, 2.75) is 39.8 Å². The summed E-state index contributed by atoms with van der Waals surface area (Å²) in [5.41, 5.74) is 2.10. The highest BCUT2D eigenvalue weighted by atomic mass is 16.5. The number of nitrogens with zero attached hydrogens (tertiary/aromatic N) is 1. The van der Waals surface area contributed by atoms with Crippen LogP contribution in [0.5, 0.6) is 5.75 Å². The van der Waals surface area contributed by atoms with Gasteiger partial charge in [0, 0.05) is 13.1 Å². The lowest BCUT2D eigenvalue weighted by molar-refractivity contribution is -0.142. The van der Waals surface area contributed by atoms with Crippen LogP contribution in [0.4, 0.5) is 0 Å². The van der Waals surface area contributed by atoms with Gasteiger partial charge in [0.25, 0.3) is 5.91 Å². The lowest BCUT2D eigenvalue weighted by Gasteiger charge is -2.28. The quantitative estimate of drug-likeness (QED) is 0.739. The van der Waals surface area contributed by atoms with Crippen LogP contribution in [0, 0.1) is 6.92 Å². The molecule has 0 bridgehead atoms. The third-order valence-electron chi connectivity index (χ3n) is 4.26. The zero-order chi connectivity index (χ0) is 19.6. The molecule has 0 heterocycles. The predicted molar refractivity (Wildman–Crippen MR) is 106 cm³/mol. The second kappa shape index (κ2) is 10.4. The minimum absolute atomic E-state index is 0.110. The molecule has 0 spiro atoms. The van der Waals surface area contributed by atoms with Crippen molar-refractivity contribution < 1.29 is 14.3 Å². The van der Waals surface area contributed by atoms with E-state index in [1.807, 2.05) is 56.3 Å². The fourth-order valence-electron chi connectivity index (χ4n) is 2.73. The number of amides is 2. The van der Waals surface area contributed by atoms with Gasteiger partial charge in [-0.05, 0) is 38.0 Å². The fourth-order valence-corrected chi connectivity index (χ4v) is 2.73. The number of aryl methyl sites for hydroxylation is 1. The topological polar surface area (TPSA) is 58.6 Å². The van der Waals surface area contributed by atoms with Crippen LogP contribution in [0.1, 0.15) is 31.4 Å². The van der Waals surface area contributed by atoms with E-state index in [1.54, 1.807) is 24.0 Å². The molecule has 0 aliphatic rings. The Labute approximate surface area is 161 Å². The molecule has 0 aliphatic heterocycles. The maximum absolute atomic E-state index is 12.8. The molecular formula is C22H28N2O3. The summed E-state index contributed by atoms with van der Waals surface area (Å²) in [4.78, 5) is 26.9. The third-order valence-corrected chi connectivity index (χ3v) is 4.26. The van der Waals surface area contributed by atoms with Gasteiger partial charge >= 0.3 is 0 Å². The van der Waals surface area contributed by atoms with Gasteiger partial charge in [-0.1, -0.05) is 55.0 Å². The standard InChI is InChI=1S/C22H28N2O3/c1-4-13-23-22(26)18(3)24(15-19-10-8-9-17(2)14-19)21(25)16-27-20-11-6-5-7-12-20/h5-12,14,18H,4,13,15-16H2,1-3H3,(H,23,26)/t18-/m0/s1. The molecule has 144 valence electrons. The number of carbonyl (C=O) groups excluding carboxylic acids is 2. The molecule has 0 saturated carbocycles. The Morgan fingerprint density at radius 1 is 1.11 bits per heavy atom. The molecule has 0 aliphatic carbocycles. The van der Waals surface area contributed by atoms with Crippen molar-refractivity contribution in [2.24, 2.45) is 0 Å². The average molecular weight is 368 g/mol. The van der Waals surface area contributed by atoms with Crippen LogP contribution in [0.25, 0.3) is 0 Å². The Kier molecular flexibility index (Phi) is 7.86. The molecule has 1 N–H and O–H groups in total. The van der Waals surface area contributed by atoms with E-state index in [9.17, 15) is 9.59 Å². The Morgan fingerprint density at radius 2 is 1.85 bits per heavy atom. The van der Waals surface area contributed by atoms with E-state index >= 15 is 0 Å². The molecule has 2 aromatic rings. The Bertz CT molecular complexity index is 746. The summed E-state index contributed by atoms with van der Waals surface area (Å²) in [6, 6.07) is 16.6. The lowest BCUT2D eigenvalue weighted by Crippen LogP contribution is -2.49. The first kappa shape index (κ1) is 20.5. The molecule has 0 radical (unpaired) electrons. The molecule has 2 aromatic carbocycles. The largest absolute Gasteiger partial charge is 0.484 e. The van der Waals surface area contributed by atoms with Crippen LogP contribution in [-0.2, 0) is 16.1 Å². The molecule has 0 aromatic heterocycles. The maximum Gasteiger partial charge on any atom is 0.261 e. The summed E-state index contributed by atoms with van der Waals surface area (Å²) >= 11 is 0. The number of para-hydroxylation sites is 1. The van der Waals surface area contributed by atoms with E-state index in [0.29, 0.717) is 18.8 Å². The second-order valence-corrected chi connectivity index (χ2v) is 6.58. The number of carbonyl (C=O) groups is 2. The molecule has 2 rings (SSSR count). The molecule has 0 fully saturated rings. The molecule has 0 unspecified atom stereocenters. The lowest BCUT2D eigenvalue weighted by atomic mass is 10.1. The number of nitrogens with one attached hydrogen (secondary N) is 1. The van der Waals surface area contributed by atoms with Gasteiger partial charge in [-0.2, -0.15) is 0 Å². The SMILES string of the molecule is CCCNC(=O)[C@H](C)N(Cc1cccc(C)c1)C(=O)COc1ccccc1. The van der Waals surface area contributed by atoms with Gasteiger partial charge in [-0.3, -0.25) is 9.59 Å². The monoisotopic (exact) mass is 368 g/mol. The summed E-state index contributed by atoms with van der Waals surface area (Å²) in [5.74, 6) is 0.251. The van der Waals surface area contributed by atoms with Gasteiger partial charge in [-0.25, -0.2) is 0 Å². The molecule has 1 atom stereocenters. The highest BCUT2D eigenvalue weighted by molar-refractivity contribution is 5.87. The van der Waals surface area contributed by atoms with Crippen molar-refractivity contribution in [3.63, 3.8) is 0 Å². The van der Waals surface area contributed by atoms with Crippen LogP contribution < -0.4 is 10.1 Å². The van der Waals surface area contributed by atoms with Crippen molar-refractivity contribution in [2.75, 3.05) is 13.2 Å². The molecular weight excluding hydrogens is 340 g/mol. The zero-order valence-electron chi connectivity index (χ0n) is 16.3. The molecule has 0 saturated heterocycles. The number of hydrogen-bond acceptors (Lipinski definition) is 3. The summed E-state index contributed by atoms with van der Waals surface area (Å²) in [5, 5.41) is 2.86. The van der Waals surface area contributed by atoms with Crippen molar-refractivity contribution in [1.82, 2.24) is 10.2 Å². The summed E-state index contributed by atoms with van der Waals surface area (Å²) in [6.07, 6.45) is 0.849. The first-order valence-corrected chi connectivity index (χ1v) is 9.31. The van der Waals surface area contributed by atoms with E-state index in [1.165, 1.54) is 0 Å². The Balaban J connectivity index is 2.11. The third kappa shape index (κ3) is 6.44. The van der Waals surface area contributed by atoms with Crippen molar-refractivity contribution in [1.29, 1.82) is 0 Å². The van der Waals surface area contributed by atoms with Gasteiger partial charge < -0.3 is 15.0 Å². The van der Waals surface area contributed by atoms with Crippen LogP contribution in [0.3, 0.4) is 0 Å². The van der Waals surface area contributed by atoms with E-state index in [2.05, 4.69) is 5.32 Å². The van der Waals surface area contributed by atoms with E-state index < -0.39 is 6.04 Å². The fraction of sp³-hybridized carbons (Fsp3) is 0.364. The smallest absolute Gasteiger partial charge is 0.261 e. The van der Waals surface area contributed by atoms with Gasteiger partial charge in [-0.15, -0.1) is 0 Å². The van der Waals surface area contributed by atoms with Gasteiger partial charge in [0.05, 0.1) is 0 Å². The summed E-state index contributed by atoms with van der Waals surface area (Å²) in [7, 11) is 0.